The standard InChI is InChI=1S/C9H10N2S2/c1-3-6-4-13-8-7(6)10-5-11-9(8)12-2/h4-5H,3H2,1-2H3. The quantitative estimate of drug-likeness (QED) is 0.563. The van der Waals surface area contributed by atoms with Crippen LogP contribution in [0.15, 0.2) is 16.7 Å². The van der Waals surface area contributed by atoms with Crippen LogP contribution in [0.1, 0.15) is 12.5 Å². The average Bonchev–Trinajstić information content (AvgIpc) is 2.60. The van der Waals surface area contributed by atoms with Gasteiger partial charge in [-0.05, 0) is 23.6 Å². The fraction of sp³-hybridized carbons (Fsp3) is 0.333. The summed E-state index contributed by atoms with van der Waals surface area (Å²) in [5.41, 5.74) is 2.46. The fourth-order valence-electron chi connectivity index (χ4n) is 1.27. The Labute approximate surface area is 85.4 Å². The number of hydrogen-bond donors (Lipinski definition) is 0. The van der Waals surface area contributed by atoms with Crippen LogP contribution in [0.3, 0.4) is 0 Å². The minimum Gasteiger partial charge on any atom is -0.235 e. The molecule has 0 aliphatic heterocycles. The highest BCUT2D eigenvalue weighted by molar-refractivity contribution is 7.98. The van der Waals surface area contributed by atoms with E-state index in [4.69, 9.17) is 0 Å². The van der Waals surface area contributed by atoms with Crippen molar-refractivity contribution >= 4 is 33.3 Å². The Morgan fingerprint density at radius 1 is 1.46 bits per heavy atom. The van der Waals surface area contributed by atoms with Gasteiger partial charge >= 0.3 is 0 Å². The van der Waals surface area contributed by atoms with Crippen LogP contribution in [0.25, 0.3) is 10.2 Å². The molecular weight excluding hydrogens is 200 g/mol. The maximum absolute atomic E-state index is 4.31. The third-order valence-electron chi connectivity index (χ3n) is 1.97. The van der Waals surface area contributed by atoms with E-state index in [1.165, 1.54) is 10.3 Å². The summed E-state index contributed by atoms with van der Waals surface area (Å²) in [6.45, 7) is 2.16. The molecule has 0 bridgehead atoms. The zero-order chi connectivity index (χ0) is 9.26. The van der Waals surface area contributed by atoms with Gasteiger partial charge in [0.25, 0.3) is 0 Å². The van der Waals surface area contributed by atoms with Gasteiger partial charge in [0.2, 0.25) is 0 Å². The molecule has 0 unspecified atom stereocenters. The number of aromatic nitrogens is 2. The smallest absolute Gasteiger partial charge is 0.117 e. The molecule has 0 fully saturated rings. The van der Waals surface area contributed by atoms with E-state index in [1.807, 2.05) is 6.26 Å². The molecule has 0 amide bonds. The first-order valence-electron chi connectivity index (χ1n) is 4.12. The molecule has 2 aromatic heterocycles. The summed E-state index contributed by atoms with van der Waals surface area (Å²) in [5.74, 6) is 0. The maximum Gasteiger partial charge on any atom is 0.117 e. The zero-order valence-corrected chi connectivity index (χ0v) is 9.21. The van der Waals surface area contributed by atoms with Crippen molar-refractivity contribution in [2.45, 2.75) is 18.4 Å². The lowest BCUT2D eigenvalue weighted by Gasteiger charge is -1.96. The Hall–Kier alpha value is -0.610. The normalized spacial score (nSPS) is 10.9. The van der Waals surface area contributed by atoms with Crippen molar-refractivity contribution in [1.29, 1.82) is 0 Å². The summed E-state index contributed by atoms with van der Waals surface area (Å²) in [7, 11) is 0. The molecule has 0 N–H and O–H groups in total. The van der Waals surface area contributed by atoms with Gasteiger partial charge in [-0.1, -0.05) is 6.92 Å². The fourth-order valence-corrected chi connectivity index (χ4v) is 3.09. The number of thioether (sulfide) groups is 1. The second-order valence-corrected chi connectivity index (χ2v) is 4.35. The highest BCUT2D eigenvalue weighted by Crippen LogP contribution is 2.30. The maximum atomic E-state index is 4.31. The number of nitrogens with zero attached hydrogens (tertiary/aromatic N) is 2. The van der Waals surface area contributed by atoms with Gasteiger partial charge in [-0.25, -0.2) is 9.97 Å². The predicted molar refractivity (Wildman–Crippen MR) is 58.6 cm³/mol. The summed E-state index contributed by atoms with van der Waals surface area (Å²) >= 11 is 3.43. The van der Waals surface area contributed by atoms with Crippen molar-refractivity contribution < 1.29 is 0 Å². The van der Waals surface area contributed by atoms with E-state index in [2.05, 4.69) is 22.3 Å². The molecule has 0 spiro atoms. The molecule has 13 heavy (non-hydrogen) atoms. The van der Waals surface area contributed by atoms with Gasteiger partial charge in [0.05, 0.1) is 10.2 Å². The first kappa shape index (κ1) is 8.97. The highest BCUT2D eigenvalue weighted by atomic mass is 32.2. The van der Waals surface area contributed by atoms with E-state index in [9.17, 15) is 0 Å². The largest absolute Gasteiger partial charge is 0.235 e. The van der Waals surface area contributed by atoms with Gasteiger partial charge in [0.1, 0.15) is 11.4 Å². The van der Waals surface area contributed by atoms with Crippen molar-refractivity contribution in [3.05, 3.63) is 17.3 Å². The van der Waals surface area contributed by atoms with Gasteiger partial charge in [0, 0.05) is 0 Å². The lowest BCUT2D eigenvalue weighted by Crippen LogP contribution is -1.84. The van der Waals surface area contributed by atoms with Crippen LogP contribution < -0.4 is 0 Å². The van der Waals surface area contributed by atoms with Gasteiger partial charge in [0.15, 0.2) is 0 Å². The molecule has 2 rings (SSSR count). The molecule has 2 nitrogen and oxygen atoms in total. The monoisotopic (exact) mass is 210 g/mol. The summed E-state index contributed by atoms with van der Waals surface area (Å²) in [5, 5.41) is 3.27. The highest BCUT2D eigenvalue weighted by Gasteiger charge is 2.07. The van der Waals surface area contributed by atoms with Crippen molar-refractivity contribution in [2.24, 2.45) is 0 Å². The molecule has 0 saturated heterocycles. The summed E-state index contributed by atoms with van der Waals surface area (Å²) in [6, 6.07) is 0. The molecule has 0 atom stereocenters. The number of hydrogen-bond acceptors (Lipinski definition) is 4. The molecule has 0 aliphatic carbocycles. The zero-order valence-electron chi connectivity index (χ0n) is 7.57. The van der Waals surface area contributed by atoms with Crippen LogP contribution >= 0.6 is 23.1 Å². The molecular formula is C9H10N2S2. The summed E-state index contributed by atoms with van der Waals surface area (Å²) < 4.78 is 1.23. The topological polar surface area (TPSA) is 25.8 Å². The second-order valence-electron chi connectivity index (χ2n) is 2.68. The van der Waals surface area contributed by atoms with E-state index in [0.29, 0.717) is 0 Å². The molecule has 0 aliphatic rings. The van der Waals surface area contributed by atoms with Crippen LogP contribution in [0.5, 0.6) is 0 Å². The van der Waals surface area contributed by atoms with E-state index in [1.54, 1.807) is 29.4 Å². The van der Waals surface area contributed by atoms with Crippen molar-refractivity contribution in [1.82, 2.24) is 9.97 Å². The van der Waals surface area contributed by atoms with Crippen LogP contribution in [-0.4, -0.2) is 16.2 Å². The summed E-state index contributed by atoms with van der Waals surface area (Å²) in [4.78, 5) is 8.54. The molecule has 2 aromatic rings. The molecule has 0 radical (unpaired) electrons. The Balaban J connectivity index is 2.72. The lowest BCUT2D eigenvalue weighted by atomic mass is 10.2. The van der Waals surface area contributed by atoms with Crippen LogP contribution in [0.2, 0.25) is 0 Å². The van der Waals surface area contributed by atoms with Gasteiger partial charge in [-0.2, -0.15) is 0 Å². The minimum absolute atomic E-state index is 1.05. The molecule has 68 valence electrons. The Bertz CT molecular complexity index is 422. The number of fused-ring (bicyclic) bond motifs is 1. The molecule has 0 saturated carbocycles. The van der Waals surface area contributed by atoms with Crippen molar-refractivity contribution in [3.63, 3.8) is 0 Å². The van der Waals surface area contributed by atoms with Crippen LogP contribution in [-0.2, 0) is 6.42 Å². The molecule has 4 heteroatoms. The van der Waals surface area contributed by atoms with E-state index < -0.39 is 0 Å². The van der Waals surface area contributed by atoms with Gasteiger partial charge in [-0.15, -0.1) is 23.1 Å². The van der Waals surface area contributed by atoms with Crippen LogP contribution in [0.4, 0.5) is 0 Å². The van der Waals surface area contributed by atoms with E-state index >= 15 is 0 Å². The van der Waals surface area contributed by atoms with Crippen molar-refractivity contribution in [2.75, 3.05) is 6.26 Å². The molecule has 2 heterocycles. The lowest BCUT2D eigenvalue weighted by molar-refractivity contribution is 1.09. The average molecular weight is 210 g/mol. The van der Waals surface area contributed by atoms with Gasteiger partial charge < -0.3 is 0 Å². The number of thiophene rings is 1. The van der Waals surface area contributed by atoms with Crippen molar-refractivity contribution in [3.8, 4) is 0 Å². The summed E-state index contributed by atoms with van der Waals surface area (Å²) in [6.07, 6.45) is 4.75. The first-order chi connectivity index (χ1) is 6.36. The Kier molecular flexibility index (Phi) is 2.51. The van der Waals surface area contributed by atoms with Gasteiger partial charge in [-0.3, -0.25) is 0 Å². The number of aryl methyl sites for hydroxylation is 1. The first-order valence-corrected chi connectivity index (χ1v) is 6.22. The minimum atomic E-state index is 1.05. The van der Waals surface area contributed by atoms with E-state index in [0.717, 1.165) is 17.0 Å². The number of rotatable bonds is 2. The second kappa shape index (κ2) is 3.64. The van der Waals surface area contributed by atoms with E-state index in [-0.39, 0.29) is 0 Å². The third-order valence-corrected chi connectivity index (χ3v) is 3.82. The Morgan fingerprint density at radius 3 is 3.00 bits per heavy atom. The molecule has 0 aromatic carbocycles. The third kappa shape index (κ3) is 1.44. The van der Waals surface area contributed by atoms with Crippen LogP contribution in [0, 0.1) is 0 Å². The Morgan fingerprint density at radius 2 is 2.31 bits per heavy atom. The predicted octanol–water partition coefficient (Wildman–Crippen LogP) is 2.98. The SMILES string of the molecule is CCc1csc2c(SC)ncnc12.